The quantitative estimate of drug-likeness (QED) is 0.686. The van der Waals surface area contributed by atoms with Gasteiger partial charge >= 0.3 is 5.97 Å². The summed E-state index contributed by atoms with van der Waals surface area (Å²) in [5, 5.41) is 8.94. The minimum Gasteiger partial charge on any atom is -0.479 e. The number of aliphatic carboxylic acids is 1. The first-order chi connectivity index (χ1) is 5.61. The lowest BCUT2D eigenvalue weighted by molar-refractivity contribution is -0.166. The molecule has 0 aromatic carbocycles. The third-order valence-corrected chi connectivity index (χ3v) is 2.39. The maximum Gasteiger partial charge on any atom is 0.335 e. The van der Waals surface area contributed by atoms with E-state index in [-0.39, 0.29) is 5.92 Å². The smallest absolute Gasteiger partial charge is 0.335 e. The molecule has 0 aliphatic heterocycles. The molecule has 0 saturated heterocycles. The van der Waals surface area contributed by atoms with Crippen LogP contribution in [0.5, 0.6) is 0 Å². The van der Waals surface area contributed by atoms with Crippen molar-refractivity contribution in [3.63, 3.8) is 0 Å². The van der Waals surface area contributed by atoms with Crippen LogP contribution >= 0.6 is 0 Å². The summed E-state index contributed by atoms with van der Waals surface area (Å²) >= 11 is 0. The highest BCUT2D eigenvalue weighted by atomic mass is 16.5. The van der Waals surface area contributed by atoms with Crippen molar-refractivity contribution in [1.82, 2.24) is 0 Å². The number of carboxylic acid groups (broad SMARTS) is 1. The van der Waals surface area contributed by atoms with Crippen molar-refractivity contribution >= 4 is 5.97 Å². The van der Waals surface area contributed by atoms with Crippen LogP contribution in [0, 0.1) is 5.92 Å². The topological polar surface area (TPSA) is 46.5 Å². The Morgan fingerprint density at radius 2 is 2.25 bits per heavy atom. The molecule has 0 bridgehead atoms. The second-order valence-corrected chi connectivity index (χ2v) is 3.53. The second kappa shape index (κ2) is 3.44. The number of hydrogen-bond acceptors (Lipinski definition) is 2. The normalized spacial score (nSPS) is 21.8. The Kier molecular flexibility index (Phi) is 2.73. The maximum atomic E-state index is 10.9. The van der Waals surface area contributed by atoms with E-state index in [1.165, 1.54) is 0 Å². The van der Waals surface area contributed by atoms with E-state index >= 15 is 0 Å². The van der Waals surface area contributed by atoms with Gasteiger partial charge < -0.3 is 9.84 Å². The van der Waals surface area contributed by atoms with Crippen LogP contribution in [-0.2, 0) is 9.53 Å². The standard InChI is InChI=1S/C9H16O3/c1-3-6-12-9(2,8(10)11)7-4-5-7/h7H,3-6H2,1-2H3,(H,10,11). The summed E-state index contributed by atoms with van der Waals surface area (Å²) in [6.07, 6.45) is 2.86. The molecule has 3 heteroatoms. The Balaban J connectivity index is 2.52. The molecule has 12 heavy (non-hydrogen) atoms. The molecule has 0 aromatic heterocycles. The fraction of sp³-hybridized carbons (Fsp3) is 0.889. The Morgan fingerprint density at radius 3 is 2.58 bits per heavy atom. The molecular formula is C9H16O3. The van der Waals surface area contributed by atoms with Gasteiger partial charge in [-0.3, -0.25) is 0 Å². The first-order valence-corrected chi connectivity index (χ1v) is 4.48. The van der Waals surface area contributed by atoms with Crippen LogP contribution in [0.4, 0.5) is 0 Å². The first-order valence-electron chi connectivity index (χ1n) is 4.48. The summed E-state index contributed by atoms with van der Waals surface area (Å²) in [6.45, 7) is 4.21. The fourth-order valence-corrected chi connectivity index (χ4v) is 1.30. The molecule has 1 saturated carbocycles. The average Bonchev–Trinajstić information content (AvgIpc) is 2.82. The largest absolute Gasteiger partial charge is 0.479 e. The zero-order valence-corrected chi connectivity index (χ0v) is 7.67. The highest BCUT2D eigenvalue weighted by Crippen LogP contribution is 2.42. The number of rotatable bonds is 5. The molecule has 1 N–H and O–H groups in total. The van der Waals surface area contributed by atoms with Crippen LogP contribution in [0.2, 0.25) is 0 Å². The summed E-state index contributed by atoms with van der Waals surface area (Å²) in [7, 11) is 0. The van der Waals surface area contributed by atoms with Gasteiger partial charge in [0.2, 0.25) is 0 Å². The van der Waals surface area contributed by atoms with E-state index < -0.39 is 11.6 Å². The second-order valence-electron chi connectivity index (χ2n) is 3.53. The molecule has 0 radical (unpaired) electrons. The maximum absolute atomic E-state index is 10.9. The van der Waals surface area contributed by atoms with Crippen LogP contribution in [0.15, 0.2) is 0 Å². The van der Waals surface area contributed by atoms with E-state index in [2.05, 4.69) is 0 Å². The molecule has 1 aliphatic rings. The van der Waals surface area contributed by atoms with Gasteiger partial charge in [-0.05, 0) is 32.1 Å². The molecule has 0 aromatic rings. The van der Waals surface area contributed by atoms with Gasteiger partial charge in [0.1, 0.15) is 0 Å². The minimum absolute atomic E-state index is 0.238. The monoisotopic (exact) mass is 172 g/mol. The van der Waals surface area contributed by atoms with Gasteiger partial charge in [0.15, 0.2) is 5.60 Å². The van der Waals surface area contributed by atoms with Gasteiger partial charge in [-0.15, -0.1) is 0 Å². The molecule has 1 fully saturated rings. The van der Waals surface area contributed by atoms with Gasteiger partial charge in [-0.2, -0.15) is 0 Å². The molecule has 70 valence electrons. The van der Waals surface area contributed by atoms with Crippen LogP contribution in [0.3, 0.4) is 0 Å². The zero-order valence-electron chi connectivity index (χ0n) is 7.67. The number of carboxylic acids is 1. The molecule has 1 atom stereocenters. The van der Waals surface area contributed by atoms with Gasteiger partial charge in [0, 0.05) is 6.61 Å². The van der Waals surface area contributed by atoms with Crippen molar-refractivity contribution in [2.24, 2.45) is 5.92 Å². The Labute approximate surface area is 72.7 Å². The van der Waals surface area contributed by atoms with E-state index in [4.69, 9.17) is 9.84 Å². The third kappa shape index (κ3) is 1.78. The highest BCUT2D eigenvalue weighted by molar-refractivity contribution is 5.77. The van der Waals surface area contributed by atoms with Crippen molar-refractivity contribution in [1.29, 1.82) is 0 Å². The summed E-state index contributed by atoms with van der Waals surface area (Å²) in [4.78, 5) is 10.9. The van der Waals surface area contributed by atoms with Crippen molar-refractivity contribution in [2.75, 3.05) is 6.61 Å². The molecular weight excluding hydrogens is 156 g/mol. The van der Waals surface area contributed by atoms with Crippen LogP contribution in [-0.4, -0.2) is 23.3 Å². The number of carbonyl (C=O) groups is 1. The minimum atomic E-state index is -0.921. The average molecular weight is 172 g/mol. The Morgan fingerprint density at radius 1 is 1.67 bits per heavy atom. The molecule has 1 rings (SSSR count). The summed E-state index contributed by atoms with van der Waals surface area (Å²) in [6, 6.07) is 0. The van der Waals surface area contributed by atoms with Crippen molar-refractivity contribution in [2.45, 2.75) is 38.7 Å². The van der Waals surface area contributed by atoms with E-state index in [1.807, 2.05) is 6.92 Å². The van der Waals surface area contributed by atoms with Gasteiger partial charge in [-0.1, -0.05) is 6.92 Å². The van der Waals surface area contributed by atoms with Crippen molar-refractivity contribution in [3.8, 4) is 0 Å². The third-order valence-electron chi connectivity index (χ3n) is 2.39. The summed E-state index contributed by atoms with van der Waals surface area (Å²) in [5.41, 5.74) is -0.921. The molecule has 1 unspecified atom stereocenters. The van der Waals surface area contributed by atoms with Crippen LogP contribution in [0.25, 0.3) is 0 Å². The molecule has 1 aliphatic carbocycles. The van der Waals surface area contributed by atoms with Crippen molar-refractivity contribution < 1.29 is 14.6 Å². The summed E-state index contributed by atoms with van der Waals surface area (Å²) < 4.78 is 5.36. The van der Waals surface area contributed by atoms with Crippen molar-refractivity contribution in [3.05, 3.63) is 0 Å². The zero-order chi connectivity index (χ0) is 9.19. The van der Waals surface area contributed by atoms with Crippen LogP contribution < -0.4 is 0 Å². The summed E-state index contributed by atoms with van der Waals surface area (Å²) in [5.74, 6) is -0.583. The lowest BCUT2D eigenvalue weighted by Gasteiger charge is -2.24. The molecule has 0 amide bonds. The first kappa shape index (κ1) is 9.52. The Hall–Kier alpha value is -0.570. The fourth-order valence-electron chi connectivity index (χ4n) is 1.30. The molecule has 3 nitrogen and oxygen atoms in total. The van der Waals surface area contributed by atoms with Crippen LogP contribution in [0.1, 0.15) is 33.1 Å². The van der Waals surface area contributed by atoms with E-state index in [1.54, 1.807) is 6.92 Å². The van der Waals surface area contributed by atoms with Gasteiger partial charge in [0.05, 0.1) is 0 Å². The Bertz CT molecular complexity index is 175. The number of hydrogen-bond donors (Lipinski definition) is 1. The molecule has 0 heterocycles. The predicted octanol–water partition coefficient (Wildman–Crippen LogP) is 1.67. The highest BCUT2D eigenvalue weighted by Gasteiger charge is 2.48. The van der Waals surface area contributed by atoms with Gasteiger partial charge in [0.25, 0.3) is 0 Å². The van der Waals surface area contributed by atoms with E-state index in [9.17, 15) is 4.79 Å². The lowest BCUT2D eigenvalue weighted by atomic mass is 10.0. The number of ether oxygens (including phenoxy) is 1. The SMILES string of the molecule is CCCOC(C)(C(=O)O)C1CC1. The van der Waals surface area contributed by atoms with E-state index in [0.29, 0.717) is 6.61 Å². The lowest BCUT2D eigenvalue weighted by Crippen LogP contribution is -2.40. The predicted molar refractivity (Wildman–Crippen MR) is 45.0 cm³/mol. The van der Waals surface area contributed by atoms with E-state index in [0.717, 1.165) is 19.3 Å². The van der Waals surface area contributed by atoms with Gasteiger partial charge in [-0.25, -0.2) is 4.79 Å². The molecule has 0 spiro atoms.